The molecule has 0 radical (unpaired) electrons. The van der Waals surface area contributed by atoms with Crippen molar-refractivity contribution >= 4 is 23.0 Å². The van der Waals surface area contributed by atoms with Crippen LogP contribution in [0.15, 0.2) is 35.3 Å². The number of carbonyl (C=O) groups is 2. The largest absolute Gasteiger partial charge is 0.417 e. The molecule has 0 aliphatic rings. The van der Waals surface area contributed by atoms with E-state index in [2.05, 4.69) is 5.32 Å². The van der Waals surface area contributed by atoms with Gasteiger partial charge in [-0.3, -0.25) is 14.4 Å². The second kappa shape index (κ2) is 7.00. The van der Waals surface area contributed by atoms with Crippen LogP contribution in [0.1, 0.15) is 27.0 Å². The van der Waals surface area contributed by atoms with Crippen LogP contribution >= 0.6 is 11.3 Å². The van der Waals surface area contributed by atoms with Gasteiger partial charge in [-0.25, -0.2) is 0 Å². The summed E-state index contributed by atoms with van der Waals surface area (Å²) in [6.07, 6.45) is -3.96. The molecule has 0 atom stereocenters. The van der Waals surface area contributed by atoms with Crippen molar-refractivity contribution in [1.29, 1.82) is 0 Å². The predicted octanol–water partition coefficient (Wildman–Crippen LogP) is 2.45. The number of aromatic nitrogens is 1. The third-order valence-electron chi connectivity index (χ3n) is 3.07. The average Bonchev–Trinajstić information content (AvgIpc) is 2.95. The highest BCUT2D eigenvalue weighted by Crippen LogP contribution is 2.28. The second-order valence-electron chi connectivity index (χ2n) is 4.98. The van der Waals surface area contributed by atoms with E-state index in [1.54, 1.807) is 6.07 Å². The number of carbonyl (C=O) groups excluding carboxylic acids is 2. The van der Waals surface area contributed by atoms with Gasteiger partial charge in [-0.1, -0.05) is 0 Å². The molecule has 0 fully saturated rings. The van der Waals surface area contributed by atoms with Gasteiger partial charge in [0.1, 0.15) is 0 Å². The Bertz CT molecular complexity index is 824. The Morgan fingerprint density at radius 2 is 1.92 bits per heavy atom. The summed E-state index contributed by atoms with van der Waals surface area (Å²) < 4.78 is 38.8. The molecule has 2 heterocycles. The van der Waals surface area contributed by atoms with Crippen molar-refractivity contribution < 1.29 is 22.8 Å². The molecule has 2 aromatic heterocycles. The number of nitrogens with one attached hydrogen (secondary N) is 1. The maximum Gasteiger partial charge on any atom is 0.417 e. The molecule has 0 saturated heterocycles. The number of pyridine rings is 1. The van der Waals surface area contributed by atoms with E-state index in [-0.39, 0.29) is 12.5 Å². The number of hydrogen-bond acceptors (Lipinski definition) is 4. The minimum Gasteiger partial charge on any atom is -0.351 e. The van der Waals surface area contributed by atoms with Crippen LogP contribution < -0.4 is 10.9 Å². The summed E-state index contributed by atoms with van der Waals surface area (Å²) in [7, 11) is 0. The number of ketones is 1. The molecule has 0 saturated carbocycles. The summed E-state index contributed by atoms with van der Waals surface area (Å²) >= 11 is 1.12. The normalized spacial score (nSPS) is 11.3. The molecular formula is C15H13F3N2O3S. The lowest BCUT2D eigenvalue weighted by atomic mass is 10.2. The zero-order valence-electron chi connectivity index (χ0n) is 12.5. The molecule has 0 unspecified atom stereocenters. The smallest absolute Gasteiger partial charge is 0.351 e. The fraction of sp³-hybridized carbons (Fsp3) is 0.267. The van der Waals surface area contributed by atoms with Crippen LogP contribution in [-0.4, -0.2) is 16.3 Å². The van der Waals surface area contributed by atoms with E-state index in [4.69, 9.17) is 0 Å². The van der Waals surface area contributed by atoms with Gasteiger partial charge in [0.15, 0.2) is 5.78 Å². The summed E-state index contributed by atoms with van der Waals surface area (Å²) in [5.74, 6) is -0.692. The zero-order chi connectivity index (χ0) is 17.9. The van der Waals surface area contributed by atoms with E-state index < -0.39 is 29.6 Å². The quantitative estimate of drug-likeness (QED) is 0.835. The number of nitrogens with zero attached hydrogens (tertiary/aromatic N) is 1. The summed E-state index contributed by atoms with van der Waals surface area (Å²) in [5, 5.41) is 2.58. The first-order valence-corrected chi connectivity index (χ1v) is 7.62. The Morgan fingerprint density at radius 1 is 1.21 bits per heavy atom. The van der Waals surface area contributed by atoms with E-state index >= 15 is 0 Å². The monoisotopic (exact) mass is 358 g/mol. The first-order valence-electron chi connectivity index (χ1n) is 6.81. The van der Waals surface area contributed by atoms with Gasteiger partial charge >= 0.3 is 6.18 Å². The number of alkyl halides is 3. The van der Waals surface area contributed by atoms with Crippen molar-refractivity contribution in [3.8, 4) is 0 Å². The lowest BCUT2D eigenvalue weighted by Crippen LogP contribution is -2.24. The van der Waals surface area contributed by atoms with Gasteiger partial charge in [0.2, 0.25) is 5.91 Å². The zero-order valence-corrected chi connectivity index (χ0v) is 13.3. The molecule has 0 aliphatic carbocycles. The fourth-order valence-electron chi connectivity index (χ4n) is 1.89. The Kier molecular flexibility index (Phi) is 5.23. The Morgan fingerprint density at radius 3 is 2.54 bits per heavy atom. The molecule has 1 N–H and O–H groups in total. The highest BCUT2D eigenvalue weighted by atomic mass is 32.1. The average molecular weight is 358 g/mol. The molecule has 0 aromatic carbocycles. The first kappa shape index (κ1) is 17.9. The molecular weight excluding hydrogens is 345 g/mol. The summed E-state index contributed by atoms with van der Waals surface area (Å²) in [5.41, 5.74) is -1.68. The van der Waals surface area contributed by atoms with E-state index in [1.165, 1.54) is 13.0 Å². The Hall–Kier alpha value is -2.42. The lowest BCUT2D eigenvalue weighted by Gasteiger charge is -2.09. The van der Waals surface area contributed by atoms with Crippen LogP contribution in [0, 0.1) is 0 Å². The third-order valence-corrected chi connectivity index (χ3v) is 4.20. The van der Waals surface area contributed by atoms with E-state index in [0.29, 0.717) is 17.1 Å². The SMILES string of the molecule is CC(=O)NCc1ccc(C(=O)Cn2cc(C(F)(F)F)ccc2=O)s1. The van der Waals surface area contributed by atoms with E-state index in [1.807, 2.05) is 0 Å². The van der Waals surface area contributed by atoms with Crippen LogP contribution in [0.2, 0.25) is 0 Å². The highest BCUT2D eigenvalue weighted by Gasteiger charge is 2.31. The molecule has 1 amide bonds. The van der Waals surface area contributed by atoms with Gasteiger partial charge in [0.25, 0.3) is 5.56 Å². The van der Waals surface area contributed by atoms with Gasteiger partial charge < -0.3 is 9.88 Å². The minimum absolute atomic E-state index is 0.216. The number of rotatable bonds is 5. The number of halogens is 3. The molecule has 24 heavy (non-hydrogen) atoms. The van der Waals surface area contributed by atoms with Crippen LogP contribution in [-0.2, 0) is 24.1 Å². The number of thiophene rings is 1. The lowest BCUT2D eigenvalue weighted by molar-refractivity contribution is -0.138. The fourth-order valence-corrected chi connectivity index (χ4v) is 2.77. The van der Waals surface area contributed by atoms with Crippen molar-refractivity contribution in [2.45, 2.75) is 26.2 Å². The summed E-state index contributed by atoms with van der Waals surface area (Å²) in [6.45, 7) is 1.14. The van der Waals surface area contributed by atoms with Crippen molar-refractivity contribution in [1.82, 2.24) is 9.88 Å². The Labute approximate surface area is 138 Å². The molecule has 5 nitrogen and oxygen atoms in total. The summed E-state index contributed by atoms with van der Waals surface area (Å²) in [6, 6.07) is 4.62. The first-order chi connectivity index (χ1) is 11.2. The van der Waals surface area contributed by atoms with Gasteiger partial charge in [-0.05, 0) is 18.2 Å². The molecule has 0 bridgehead atoms. The predicted molar refractivity (Wildman–Crippen MR) is 81.9 cm³/mol. The number of amides is 1. The van der Waals surface area contributed by atoms with Gasteiger partial charge in [-0.2, -0.15) is 13.2 Å². The number of hydrogen-bond donors (Lipinski definition) is 1. The van der Waals surface area contributed by atoms with Crippen molar-refractivity contribution in [3.63, 3.8) is 0 Å². The van der Waals surface area contributed by atoms with Gasteiger partial charge in [-0.15, -0.1) is 11.3 Å². The highest BCUT2D eigenvalue weighted by molar-refractivity contribution is 7.14. The molecule has 9 heteroatoms. The van der Waals surface area contributed by atoms with Gasteiger partial charge in [0.05, 0.1) is 23.5 Å². The molecule has 128 valence electrons. The maximum atomic E-state index is 12.7. The van der Waals surface area contributed by atoms with E-state index in [9.17, 15) is 27.6 Å². The maximum absolute atomic E-state index is 12.7. The van der Waals surface area contributed by atoms with Gasteiger partial charge in [0, 0.05) is 24.1 Å². The van der Waals surface area contributed by atoms with Crippen molar-refractivity contribution in [3.05, 3.63) is 56.1 Å². The van der Waals surface area contributed by atoms with Crippen molar-refractivity contribution in [2.75, 3.05) is 0 Å². The standard InChI is InChI=1S/C15H13F3N2O3S/c1-9(21)19-6-11-3-4-13(24-11)12(22)8-20-7-10(15(16,17)18)2-5-14(20)23/h2-5,7H,6,8H2,1H3,(H,19,21). The van der Waals surface area contributed by atoms with E-state index in [0.717, 1.165) is 26.8 Å². The third kappa shape index (κ3) is 4.54. The van der Waals surface area contributed by atoms with Crippen LogP contribution in [0.3, 0.4) is 0 Å². The van der Waals surface area contributed by atoms with Crippen LogP contribution in [0.5, 0.6) is 0 Å². The molecule has 2 rings (SSSR count). The topological polar surface area (TPSA) is 68.2 Å². The molecule has 2 aromatic rings. The van der Waals surface area contributed by atoms with Crippen LogP contribution in [0.25, 0.3) is 0 Å². The minimum atomic E-state index is -4.59. The second-order valence-corrected chi connectivity index (χ2v) is 6.15. The number of Topliss-reactive ketones (excluding diaryl/α,β-unsaturated/α-hetero) is 1. The van der Waals surface area contributed by atoms with Crippen molar-refractivity contribution in [2.24, 2.45) is 0 Å². The molecule has 0 spiro atoms. The Balaban J connectivity index is 2.15. The van der Waals surface area contributed by atoms with Crippen LogP contribution in [0.4, 0.5) is 13.2 Å². The molecule has 0 aliphatic heterocycles. The summed E-state index contributed by atoms with van der Waals surface area (Å²) in [4.78, 5) is 35.7.